The molecule has 0 radical (unpaired) electrons. The summed E-state index contributed by atoms with van der Waals surface area (Å²) in [5, 5.41) is 0.531. The molecule has 0 fully saturated rings. The summed E-state index contributed by atoms with van der Waals surface area (Å²) in [4.78, 5) is 37.8. The van der Waals surface area contributed by atoms with Gasteiger partial charge in [-0.3, -0.25) is 19.3 Å². The fourth-order valence-electron chi connectivity index (χ4n) is 2.44. The number of amides is 2. The van der Waals surface area contributed by atoms with Crippen LogP contribution < -0.4 is 0 Å². The van der Waals surface area contributed by atoms with Crippen LogP contribution in [0.5, 0.6) is 0 Å². The van der Waals surface area contributed by atoms with Crippen LogP contribution in [-0.4, -0.2) is 29.0 Å². The molecule has 2 aliphatic rings. The standard InChI is InChI=1S/C17H12ClNO3/c18-12-5-3-4-11(8-9-12)15(20)10-19-16(21)13-6-1-2-7-14(13)17(19)22/h1-3,5-9H,4,10H2. The minimum absolute atomic E-state index is 0.253. The number of nitrogens with zero attached hydrogens (tertiary/aromatic N) is 1. The molecule has 4 nitrogen and oxygen atoms in total. The van der Waals surface area contributed by atoms with Crippen molar-refractivity contribution in [2.45, 2.75) is 6.42 Å². The van der Waals surface area contributed by atoms with Gasteiger partial charge in [0.1, 0.15) is 0 Å². The number of ketones is 1. The molecular formula is C17H12ClNO3. The summed E-state index contributed by atoms with van der Waals surface area (Å²) in [5.41, 5.74) is 1.21. The monoisotopic (exact) mass is 313 g/mol. The molecule has 1 aromatic carbocycles. The van der Waals surface area contributed by atoms with Gasteiger partial charge in [0.25, 0.3) is 11.8 Å². The number of rotatable bonds is 3. The molecule has 1 aliphatic carbocycles. The van der Waals surface area contributed by atoms with Crippen LogP contribution in [0.1, 0.15) is 27.1 Å². The second-order valence-electron chi connectivity index (χ2n) is 5.02. The van der Waals surface area contributed by atoms with Crippen molar-refractivity contribution < 1.29 is 14.4 Å². The Labute approximate surface area is 132 Å². The summed E-state index contributed by atoms with van der Waals surface area (Å²) in [6, 6.07) is 6.58. The molecule has 110 valence electrons. The van der Waals surface area contributed by atoms with E-state index in [-0.39, 0.29) is 12.3 Å². The fraction of sp³-hybridized carbons (Fsp3) is 0.118. The zero-order valence-electron chi connectivity index (χ0n) is 11.6. The van der Waals surface area contributed by atoms with Gasteiger partial charge >= 0.3 is 0 Å². The van der Waals surface area contributed by atoms with Gasteiger partial charge in [-0.1, -0.05) is 35.9 Å². The predicted molar refractivity (Wildman–Crippen MR) is 82.6 cm³/mol. The molecule has 1 aliphatic heterocycles. The SMILES string of the molecule is O=C(CN1C(=O)c2ccccc2C1=O)C1=CC=C(Cl)C=CC1. The maximum atomic E-state index is 12.3. The Morgan fingerprint density at radius 2 is 1.73 bits per heavy atom. The minimum atomic E-state index is -0.424. The average molecular weight is 314 g/mol. The molecule has 1 heterocycles. The van der Waals surface area contributed by atoms with Crippen LogP contribution in [-0.2, 0) is 4.79 Å². The van der Waals surface area contributed by atoms with E-state index in [1.807, 2.05) is 0 Å². The van der Waals surface area contributed by atoms with Crippen molar-refractivity contribution in [3.63, 3.8) is 0 Å². The molecule has 3 rings (SSSR count). The normalized spacial score (nSPS) is 17.0. The Hall–Kier alpha value is -2.46. The summed E-state index contributed by atoms with van der Waals surface area (Å²) >= 11 is 5.87. The van der Waals surface area contributed by atoms with Crippen LogP contribution in [0.15, 0.2) is 59.2 Å². The van der Waals surface area contributed by atoms with Crippen LogP contribution in [0.25, 0.3) is 0 Å². The Morgan fingerprint density at radius 3 is 2.36 bits per heavy atom. The van der Waals surface area contributed by atoms with Gasteiger partial charge in [-0.15, -0.1) is 0 Å². The Balaban J connectivity index is 1.80. The first-order chi connectivity index (χ1) is 10.6. The van der Waals surface area contributed by atoms with Gasteiger partial charge in [-0.25, -0.2) is 0 Å². The minimum Gasteiger partial charge on any atom is -0.292 e. The smallest absolute Gasteiger partial charge is 0.261 e. The highest BCUT2D eigenvalue weighted by atomic mass is 35.5. The third-order valence-corrected chi connectivity index (χ3v) is 3.85. The maximum absolute atomic E-state index is 12.3. The van der Waals surface area contributed by atoms with Gasteiger partial charge < -0.3 is 0 Å². The average Bonchev–Trinajstić information content (AvgIpc) is 2.69. The zero-order valence-corrected chi connectivity index (χ0v) is 12.3. The van der Waals surface area contributed by atoms with Gasteiger partial charge in [0, 0.05) is 10.6 Å². The quantitative estimate of drug-likeness (QED) is 0.806. The van der Waals surface area contributed by atoms with E-state index in [0.717, 1.165) is 4.90 Å². The second-order valence-corrected chi connectivity index (χ2v) is 5.45. The molecule has 5 heteroatoms. The largest absolute Gasteiger partial charge is 0.292 e. The Morgan fingerprint density at radius 1 is 1.09 bits per heavy atom. The van der Waals surface area contributed by atoms with E-state index in [1.165, 1.54) is 0 Å². The maximum Gasteiger partial charge on any atom is 0.261 e. The van der Waals surface area contributed by atoms with Crippen molar-refractivity contribution in [1.82, 2.24) is 4.90 Å². The van der Waals surface area contributed by atoms with Gasteiger partial charge in [-0.05, 0) is 30.7 Å². The lowest BCUT2D eigenvalue weighted by Crippen LogP contribution is -2.35. The van der Waals surface area contributed by atoms with Gasteiger partial charge in [0.2, 0.25) is 0 Å². The summed E-state index contributed by atoms with van der Waals surface area (Å²) in [5.74, 6) is -1.11. The lowest BCUT2D eigenvalue weighted by molar-refractivity contribution is -0.116. The van der Waals surface area contributed by atoms with Crippen molar-refractivity contribution >= 4 is 29.2 Å². The first kappa shape index (κ1) is 14.5. The van der Waals surface area contributed by atoms with Crippen molar-refractivity contribution in [2.75, 3.05) is 6.54 Å². The number of hydrogen-bond donors (Lipinski definition) is 0. The lowest BCUT2D eigenvalue weighted by Gasteiger charge is -2.13. The number of Topliss-reactive ketones (excluding diaryl/α,β-unsaturated/α-hetero) is 1. The molecule has 2 amide bonds. The lowest BCUT2D eigenvalue weighted by atomic mass is 10.1. The molecule has 0 aromatic heterocycles. The van der Waals surface area contributed by atoms with Crippen LogP contribution in [0, 0.1) is 0 Å². The Bertz CT molecular complexity index is 739. The van der Waals surface area contributed by atoms with Crippen molar-refractivity contribution in [3.05, 3.63) is 70.3 Å². The van der Waals surface area contributed by atoms with E-state index in [4.69, 9.17) is 11.6 Å². The topological polar surface area (TPSA) is 54.5 Å². The number of hydrogen-bond acceptors (Lipinski definition) is 3. The van der Waals surface area contributed by atoms with E-state index in [0.29, 0.717) is 28.2 Å². The third kappa shape index (κ3) is 2.53. The summed E-state index contributed by atoms with van der Waals surface area (Å²) < 4.78 is 0. The van der Waals surface area contributed by atoms with Gasteiger partial charge in [-0.2, -0.15) is 0 Å². The Kier molecular flexibility index (Phi) is 3.77. The highest BCUT2D eigenvalue weighted by Crippen LogP contribution is 2.23. The first-order valence-electron chi connectivity index (χ1n) is 6.79. The van der Waals surface area contributed by atoms with E-state index in [1.54, 1.807) is 48.6 Å². The molecule has 0 spiro atoms. The molecule has 0 bridgehead atoms. The molecule has 0 saturated heterocycles. The fourth-order valence-corrected chi connectivity index (χ4v) is 2.59. The molecule has 0 saturated carbocycles. The van der Waals surface area contributed by atoms with Gasteiger partial charge in [0.05, 0.1) is 17.7 Å². The van der Waals surface area contributed by atoms with E-state index >= 15 is 0 Å². The van der Waals surface area contributed by atoms with Gasteiger partial charge in [0.15, 0.2) is 5.78 Å². The van der Waals surface area contributed by atoms with E-state index in [2.05, 4.69) is 0 Å². The number of allylic oxidation sites excluding steroid dienone is 5. The highest BCUT2D eigenvalue weighted by Gasteiger charge is 2.36. The van der Waals surface area contributed by atoms with E-state index < -0.39 is 11.8 Å². The molecule has 0 N–H and O–H groups in total. The number of benzene rings is 1. The van der Waals surface area contributed by atoms with Crippen molar-refractivity contribution in [2.24, 2.45) is 0 Å². The van der Waals surface area contributed by atoms with Crippen LogP contribution in [0.3, 0.4) is 0 Å². The van der Waals surface area contributed by atoms with Crippen molar-refractivity contribution in [1.29, 1.82) is 0 Å². The molecular weight excluding hydrogens is 302 g/mol. The summed E-state index contributed by atoms with van der Waals surface area (Å²) in [6.45, 7) is -0.253. The summed E-state index contributed by atoms with van der Waals surface area (Å²) in [7, 11) is 0. The zero-order chi connectivity index (χ0) is 15.7. The second kappa shape index (κ2) is 5.73. The summed E-state index contributed by atoms with van der Waals surface area (Å²) in [6.07, 6.45) is 7.16. The van der Waals surface area contributed by atoms with Crippen molar-refractivity contribution in [3.8, 4) is 0 Å². The number of carbonyl (C=O) groups is 3. The number of halogens is 1. The van der Waals surface area contributed by atoms with Crippen LogP contribution >= 0.6 is 11.6 Å². The van der Waals surface area contributed by atoms with E-state index in [9.17, 15) is 14.4 Å². The predicted octanol–water partition coefficient (Wildman–Crippen LogP) is 2.86. The molecule has 22 heavy (non-hydrogen) atoms. The number of fused-ring (bicyclic) bond motifs is 1. The highest BCUT2D eigenvalue weighted by molar-refractivity contribution is 6.31. The first-order valence-corrected chi connectivity index (χ1v) is 7.17. The van der Waals surface area contributed by atoms with Crippen LogP contribution in [0.4, 0.5) is 0 Å². The number of imide groups is 1. The molecule has 0 atom stereocenters. The van der Waals surface area contributed by atoms with Crippen LogP contribution in [0.2, 0.25) is 0 Å². The third-order valence-electron chi connectivity index (χ3n) is 3.60. The number of carbonyl (C=O) groups excluding carboxylic acids is 3. The molecule has 0 unspecified atom stereocenters. The molecule has 1 aromatic rings.